The SMILES string of the molecule is O=C(CN1C(=O)S/C(=C\c2cn(Cc3cccc(Cl)c3)c3ccccc23)C1=O)Nc1ccc(F)cc1. The first-order valence-corrected chi connectivity index (χ1v) is 12.2. The minimum Gasteiger partial charge on any atom is -0.342 e. The number of fused-ring (bicyclic) bond motifs is 1. The molecule has 4 aromatic rings. The molecular formula is C27H19ClFN3O3S. The normalized spacial score (nSPS) is 14.7. The summed E-state index contributed by atoms with van der Waals surface area (Å²) in [5, 5.41) is 3.62. The van der Waals surface area contributed by atoms with Gasteiger partial charge in [0.25, 0.3) is 11.1 Å². The molecule has 0 radical (unpaired) electrons. The summed E-state index contributed by atoms with van der Waals surface area (Å²) in [7, 11) is 0. The molecule has 6 nitrogen and oxygen atoms in total. The molecule has 1 aromatic heterocycles. The summed E-state index contributed by atoms with van der Waals surface area (Å²) in [5.74, 6) is -1.52. The van der Waals surface area contributed by atoms with Crippen LogP contribution in [0.4, 0.5) is 14.9 Å². The molecule has 0 spiro atoms. The Morgan fingerprint density at radius 1 is 1.03 bits per heavy atom. The lowest BCUT2D eigenvalue weighted by Gasteiger charge is -2.12. The number of hydrogen-bond acceptors (Lipinski definition) is 4. The van der Waals surface area contributed by atoms with Crippen LogP contribution in [0.15, 0.2) is 83.9 Å². The molecule has 9 heteroatoms. The van der Waals surface area contributed by atoms with Gasteiger partial charge in [-0.15, -0.1) is 0 Å². The Bertz CT molecular complexity index is 1530. The number of rotatable bonds is 6. The Morgan fingerprint density at radius 3 is 2.58 bits per heavy atom. The zero-order valence-corrected chi connectivity index (χ0v) is 20.4. The second-order valence-corrected chi connectivity index (χ2v) is 9.61. The first-order chi connectivity index (χ1) is 17.4. The zero-order valence-electron chi connectivity index (χ0n) is 18.8. The van der Waals surface area contributed by atoms with E-state index in [1.807, 2.05) is 54.7 Å². The fourth-order valence-electron chi connectivity index (χ4n) is 4.01. The molecular weight excluding hydrogens is 501 g/mol. The smallest absolute Gasteiger partial charge is 0.294 e. The first kappa shape index (κ1) is 23.8. The Labute approximate surface area is 215 Å². The van der Waals surface area contributed by atoms with Crippen LogP contribution in [0.3, 0.4) is 0 Å². The molecule has 1 N–H and O–H groups in total. The second-order valence-electron chi connectivity index (χ2n) is 8.18. The lowest BCUT2D eigenvalue weighted by molar-refractivity contribution is -0.127. The van der Waals surface area contributed by atoms with E-state index in [9.17, 15) is 18.8 Å². The molecule has 5 rings (SSSR count). The van der Waals surface area contributed by atoms with Crippen LogP contribution in [0.2, 0.25) is 5.02 Å². The number of carbonyl (C=O) groups is 3. The number of aromatic nitrogens is 1. The minimum absolute atomic E-state index is 0.236. The Hall–Kier alpha value is -3.88. The van der Waals surface area contributed by atoms with Crippen molar-refractivity contribution in [1.29, 1.82) is 0 Å². The molecule has 2 heterocycles. The summed E-state index contributed by atoms with van der Waals surface area (Å²) in [6.07, 6.45) is 3.61. The maximum atomic E-state index is 13.1. The van der Waals surface area contributed by atoms with Crippen LogP contribution < -0.4 is 5.32 Å². The van der Waals surface area contributed by atoms with Crippen LogP contribution in [0, 0.1) is 5.82 Å². The lowest BCUT2D eigenvalue weighted by atomic mass is 10.1. The molecule has 0 saturated carbocycles. The van der Waals surface area contributed by atoms with Gasteiger partial charge in [-0.25, -0.2) is 4.39 Å². The van der Waals surface area contributed by atoms with Gasteiger partial charge in [0.05, 0.1) is 4.91 Å². The molecule has 1 aliphatic heterocycles. The fourth-order valence-corrected chi connectivity index (χ4v) is 5.05. The van der Waals surface area contributed by atoms with Crippen molar-refractivity contribution in [2.24, 2.45) is 0 Å². The number of nitrogens with one attached hydrogen (secondary N) is 1. The third-order valence-corrected chi connectivity index (χ3v) is 6.79. The van der Waals surface area contributed by atoms with E-state index in [2.05, 4.69) is 9.88 Å². The fraction of sp³-hybridized carbons (Fsp3) is 0.0741. The van der Waals surface area contributed by atoms with Crippen LogP contribution in [0.25, 0.3) is 17.0 Å². The van der Waals surface area contributed by atoms with E-state index < -0.39 is 29.4 Å². The second kappa shape index (κ2) is 10.0. The summed E-state index contributed by atoms with van der Waals surface area (Å²) < 4.78 is 15.1. The van der Waals surface area contributed by atoms with Gasteiger partial charge in [-0.05, 0) is 65.9 Å². The molecule has 3 aromatic carbocycles. The van der Waals surface area contributed by atoms with E-state index in [0.29, 0.717) is 17.3 Å². The number of thioether (sulfide) groups is 1. The van der Waals surface area contributed by atoms with Gasteiger partial charge in [0, 0.05) is 39.9 Å². The number of hydrogen-bond donors (Lipinski definition) is 1. The molecule has 1 fully saturated rings. The Balaban J connectivity index is 1.37. The zero-order chi connectivity index (χ0) is 25.2. The molecule has 0 bridgehead atoms. The molecule has 180 valence electrons. The van der Waals surface area contributed by atoms with Crippen LogP contribution in [0.5, 0.6) is 0 Å². The molecule has 0 aliphatic carbocycles. The highest BCUT2D eigenvalue weighted by Crippen LogP contribution is 2.34. The maximum absolute atomic E-state index is 13.1. The van der Waals surface area contributed by atoms with Gasteiger partial charge in [0.2, 0.25) is 5.91 Å². The predicted molar refractivity (Wildman–Crippen MR) is 140 cm³/mol. The number of carbonyl (C=O) groups excluding carboxylic acids is 3. The number of amides is 3. The van der Waals surface area contributed by atoms with Crippen molar-refractivity contribution in [2.75, 3.05) is 11.9 Å². The summed E-state index contributed by atoms with van der Waals surface area (Å²) in [5.41, 5.74) is 3.16. The van der Waals surface area contributed by atoms with Crippen LogP contribution in [0.1, 0.15) is 11.1 Å². The third kappa shape index (κ3) is 5.05. The van der Waals surface area contributed by atoms with E-state index in [0.717, 1.165) is 38.7 Å². The average Bonchev–Trinajstić information content (AvgIpc) is 3.32. The Morgan fingerprint density at radius 2 is 1.81 bits per heavy atom. The van der Waals surface area contributed by atoms with E-state index in [-0.39, 0.29) is 4.91 Å². The van der Waals surface area contributed by atoms with E-state index >= 15 is 0 Å². The standard InChI is InChI=1S/C27H19ClFN3O3S/c28-19-5-3-4-17(12-19)14-31-15-18(22-6-1-2-7-23(22)31)13-24-26(34)32(27(35)36-24)16-25(33)30-21-10-8-20(29)9-11-21/h1-13,15H,14,16H2,(H,30,33)/b24-13-. The van der Waals surface area contributed by atoms with Crippen molar-refractivity contribution in [3.05, 3.63) is 106 Å². The van der Waals surface area contributed by atoms with Crippen LogP contribution >= 0.6 is 23.4 Å². The number of benzene rings is 3. The Kier molecular flexibility index (Phi) is 6.63. The molecule has 0 unspecified atom stereocenters. The monoisotopic (exact) mass is 519 g/mol. The number of imide groups is 1. The number of anilines is 1. The van der Waals surface area contributed by atoms with Crippen molar-refractivity contribution >= 4 is 63.1 Å². The van der Waals surface area contributed by atoms with Crippen molar-refractivity contribution in [3.8, 4) is 0 Å². The van der Waals surface area contributed by atoms with E-state index in [1.54, 1.807) is 6.08 Å². The minimum atomic E-state index is -0.553. The van der Waals surface area contributed by atoms with Gasteiger partial charge < -0.3 is 9.88 Å². The third-order valence-electron chi connectivity index (χ3n) is 5.65. The largest absolute Gasteiger partial charge is 0.342 e. The van der Waals surface area contributed by atoms with Gasteiger partial charge >= 0.3 is 0 Å². The molecule has 0 atom stereocenters. The predicted octanol–water partition coefficient (Wildman–Crippen LogP) is 6.16. The highest BCUT2D eigenvalue weighted by Gasteiger charge is 2.36. The van der Waals surface area contributed by atoms with Crippen molar-refractivity contribution in [2.45, 2.75) is 6.54 Å². The van der Waals surface area contributed by atoms with Gasteiger partial charge in [-0.1, -0.05) is 41.9 Å². The quantitative estimate of drug-likeness (QED) is 0.310. The van der Waals surface area contributed by atoms with Gasteiger partial charge in [0.15, 0.2) is 0 Å². The summed E-state index contributed by atoms with van der Waals surface area (Å²) in [6.45, 7) is 0.149. The van der Waals surface area contributed by atoms with E-state index in [4.69, 9.17) is 11.6 Å². The molecule has 36 heavy (non-hydrogen) atoms. The highest BCUT2D eigenvalue weighted by molar-refractivity contribution is 8.18. The average molecular weight is 520 g/mol. The molecule has 3 amide bonds. The molecule has 1 saturated heterocycles. The summed E-state index contributed by atoms with van der Waals surface area (Å²) >= 11 is 6.93. The highest BCUT2D eigenvalue weighted by atomic mass is 35.5. The van der Waals surface area contributed by atoms with Gasteiger partial charge in [0.1, 0.15) is 12.4 Å². The van der Waals surface area contributed by atoms with Crippen molar-refractivity contribution < 1.29 is 18.8 Å². The maximum Gasteiger partial charge on any atom is 0.294 e. The summed E-state index contributed by atoms with van der Waals surface area (Å²) in [6, 6.07) is 20.6. The molecule has 1 aliphatic rings. The van der Waals surface area contributed by atoms with Crippen LogP contribution in [-0.4, -0.2) is 33.1 Å². The van der Waals surface area contributed by atoms with Gasteiger partial charge in [-0.3, -0.25) is 19.3 Å². The van der Waals surface area contributed by atoms with Gasteiger partial charge in [-0.2, -0.15) is 0 Å². The van der Waals surface area contributed by atoms with Crippen LogP contribution in [-0.2, 0) is 16.1 Å². The number of nitrogens with zero attached hydrogens (tertiary/aromatic N) is 2. The first-order valence-electron chi connectivity index (χ1n) is 11.0. The van der Waals surface area contributed by atoms with Crippen molar-refractivity contribution in [1.82, 2.24) is 9.47 Å². The number of para-hydroxylation sites is 1. The lowest BCUT2D eigenvalue weighted by Crippen LogP contribution is -2.36. The number of halogens is 2. The van der Waals surface area contributed by atoms with Crippen molar-refractivity contribution in [3.63, 3.8) is 0 Å². The van der Waals surface area contributed by atoms with E-state index in [1.165, 1.54) is 24.3 Å². The topological polar surface area (TPSA) is 71.4 Å². The summed E-state index contributed by atoms with van der Waals surface area (Å²) in [4.78, 5) is 39.1.